The third kappa shape index (κ3) is 3.26. The smallest absolute Gasteiger partial charge is 0.131 e. The maximum absolute atomic E-state index is 13.8. The molecule has 0 radical (unpaired) electrons. The van der Waals surface area contributed by atoms with Crippen LogP contribution in [0.5, 0.6) is 0 Å². The molecule has 2 heteroatoms. The molecule has 1 atom stereocenters. The van der Waals surface area contributed by atoms with E-state index in [1.807, 2.05) is 18.2 Å². The van der Waals surface area contributed by atoms with Crippen molar-refractivity contribution in [2.75, 3.05) is 0 Å². The van der Waals surface area contributed by atoms with E-state index in [0.29, 0.717) is 5.39 Å². The molecule has 1 aliphatic rings. The molecule has 0 bridgehead atoms. The third-order valence-electron chi connectivity index (χ3n) is 4.84. The quantitative estimate of drug-likeness (QED) is 0.800. The lowest BCUT2D eigenvalue weighted by Crippen LogP contribution is -2.08. The van der Waals surface area contributed by atoms with Gasteiger partial charge in [0.25, 0.3) is 0 Å². The van der Waals surface area contributed by atoms with Crippen molar-refractivity contribution >= 4 is 10.8 Å². The van der Waals surface area contributed by atoms with Crippen molar-refractivity contribution < 1.29 is 9.50 Å². The SMILES string of the molecule is OC(CCC1CCCCC1)c1ccc(F)c2ccccc12. The Hall–Kier alpha value is -1.41. The van der Waals surface area contributed by atoms with Crippen molar-refractivity contribution in [3.05, 3.63) is 47.8 Å². The predicted molar refractivity (Wildman–Crippen MR) is 84.7 cm³/mol. The van der Waals surface area contributed by atoms with Crippen LogP contribution in [0.15, 0.2) is 36.4 Å². The molecule has 0 heterocycles. The second-order valence-corrected chi connectivity index (χ2v) is 6.28. The van der Waals surface area contributed by atoms with Crippen LogP contribution in [0.4, 0.5) is 4.39 Å². The van der Waals surface area contributed by atoms with E-state index in [-0.39, 0.29) is 5.82 Å². The molecule has 1 fully saturated rings. The minimum atomic E-state index is -0.488. The van der Waals surface area contributed by atoms with Crippen LogP contribution in [-0.2, 0) is 0 Å². The first-order chi connectivity index (χ1) is 10.3. The van der Waals surface area contributed by atoms with Crippen molar-refractivity contribution in [3.8, 4) is 0 Å². The zero-order valence-electron chi connectivity index (χ0n) is 12.4. The van der Waals surface area contributed by atoms with Gasteiger partial charge in [0.15, 0.2) is 0 Å². The van der Waals surface area contributed by atoms with Gasteiger partial charge in [-0.3, -0.25) is 0 Å². The number of halogens is 1. The molecule has 0 spiro atoms. The lowest BCUT2D eigenvalue weighted by Gasteiger charge is -2.23. The highest BCUT2D eigenvalue weighted by Crippen LogP contribution is 2.33. The fraction of sp³-hybridized carbons (Fsp3) is 0.474. The van der Waals surface area contributed by atoms with Gasteiger partial charge in [-0.2, -0.15) is 0 Å². The number of aliphatic hydroxyl groups is 1. The summed E-state index contributed by atoms with van der Waals surface area (Å²) in [7, 11) is 0. The van der Waals surface area contributed by atoms with Crippen LogP contribution in [0.1, 0.15) is 56.6 Å². The molecule has 21 heavy (non-hydrogen) atoms. The van der Waals surface area contributed by atoms with Gasteiger partial charge in [0.2, 0.25) is 0 Å². The molecule has 2 aromatic carbocycles. The number of benzene rings is 2. The first-order valence-corrected chi connectivity index (χ1v) is 8.11. The number of hydrogen-bond donors (Lipinski definition) is 1. The van der Waals surface area contributed by atoms with Crippen LogP contribution in [-0.4, -0.2) is 5.11 Å². The normalized spacial score (nSPS) is 18.0. The number of fused-ring (bicyclic) bond motifs is 1. The van der Waals surface area contributed by atoms with Crippen molar-refractivity contribution in [3.63, 3.8) is 0 Å². The van der Waals surface area contributed by atoms with Crippen molar-refractivity contribution in [2.24, 2.45) is 5.92 Å². The van der Waals surface area contributed by atoms with Gasteiger partial charge in [-0.05, 0) is 35.8 Å². The summed E-state index contributed by atoms with van der Waals surface area (Å²) in [5, 5.41) is 12.0. The van der Waals surface area contributed by atoms with Crippen LogP contribution in [0.25, 0.3) is 10.8 Å². The Morgan fingerprint density at radius 1 is 1.00 bits per heavy atom. The minimum absolute atomic E-state index is 0.214. The van der Waals surface area contributed by atoms with Crippen LogP contribution < -0.4 is 0 Å². The van der Waals surface area contributed by atoms with Gasteiger partial charge in [-0.25, -0.2) is 4.39 Å². The lowest BCUT2D eigenvalue weighted by atomic mass is 9.84. The fourth-order valence-corrected chi connectivity index (χ4v) is 3.60. The summed E-state index contributed by atoms with van der Waals surface area (Å²) in [4.78, 5) is 0. The average Bonchev–Trinajstić information content (AvgIpc) is 2.54. The fourth-order valence-electron chi connectivity index (χ4n) is 3.60. The first-order valence-electron chi connectivity index (χ1n) is 8.11. The molecular weight excluding hydrogens is 263 g/mol. The Kier molecular flexibility index (Phi) is 4.54. The van der Waals surface area contributed by atoms with E-state index in [9.17, 15) is 9.50 Å². The van der Waals surface area contributed by atoms with Crippen molar-refractivity contribution in [1.82, 2.24) is 0 Å². The molecule has 0 saturated heterocycles. The van der Waals surface area contributed by atoms with Crippen LogP contribution in [0.3, 0.4) is 0 Å². The van der Waals surface area contributed by atoms with Crippen LogP contribution in [0, 0.1) is 11.7 Å². The van der Waals surface area contributed by atoms with E-state index in [1.54, 1.807) is 12.1 Å². The first kappa shape index (κ1) is 14.5. The number of aliphatic hydroxyl groups excluding tert-OH is 1. The molecule has 3 rings (SSSR count). The van der Waals surface area contributed by atoms with E-state index in [2.05, 4.69) is 0 Å². The molecule has 1 nitrogen and oxygen atoms in total. The average molecular weight is 286 g/mol. The summed E-state index contributed by atoms with van der Waals surface area (Å²) in [5.74, 6) is 0.550. The van der Waals surface area contributed by atoms with Gasteiger partial charge in [-0.1, -0.05) is 62.4 Å². The summed E-state index contributed by atoms with van der Waals surface area (Å²) >= 11 is 0. The molecule has 1 N–H and O–H groups in total. The van der Waals surface area contributed by atoms with Crippen LogP contribution in [0.2, 0.25) is 0 Å². The Balaban J connectivity index is 1.75. The highest BCUT2D eigenvalue weighted by molar-refractivity contribution is 5.86. The summed E-state index contributed by atoms with van der Waals surface area (Å²) in [6.07, 6.45) is 8.00. The molecule has 0 aliphatic heterocycles. The van der Waals surface area contributed by atoms with Crippen LogP contribution >= 0.6 is 0 Å². The van der Waals surface area contributed by atoms with E-state index in [1.165, 1.54) is 38.2 Å². The second-order valence-electron chi connectivity index (χ2n) is 6.28. The highest BCUT2D eigenvalue weighted by Gasteiger charge is 2.17. The topological polar surface area (TPSA) is 20.2 Å². The summed E-state index contributed by atoms with van der Waals surface area (Å²) in [5.41, 5.74) is 0.864. The van der Waals surface area contributed by atoms with Gasteiger partial charge in [-0.15, -0.1) is 0 Å². The minimum Gasteiger partial charge on any atom is -0.388 e. The zero-order chi connectivity index (χ0) is 14.7. The van der Waals surface area contributed by atoms with Gasteiger partial charge in [0.1, 0.15) is 5.82 Å². The van der Waals surface area contributed by atoms with E-state index < -0.39 is 6.10 Å². The van der Waals surface area contributed by atoms with Gasteiger partial charge in [0.05, 0.1) is 6.10 Å². The predicted octanol–water partition coefficient (Wildman–Crippen LogP) is 5.37. The van der Waals surface area contributed by atoms with E-state index in [0.717, 1.165) is 29.7 Å². The molecule has 112 valence electrons. The van der Waals surface area contributed by atoms with Crippen molar-refractivity contribution in [2.45, 2.75) is 51.0 Å². The van der Waals surface area contributed by atoms with Crippen molar-refractivity contribution in [1.29, 1.82) is 0 Å². The standard InChI is InChI=1S/C19H23FO/c20-18-12-11-17(15-8-4-5-9-16(15)18)19(21)13-10-14-6-2-1-3-7-14/h4-5,8-9,11-12,14,19,21H,1-3,6-7,10,13H2. The molecule has 0 amide bonds. The molecule has 2 aromatic rings. The number of rotatable bonds is 4. The third-order valence-corrected chi connectivity index (χ3v) is 4.84. The van der Waals surface area contributed by atoms with Gasteiger partial charge < -0.3 is 5.11 Å². The highest BCUT2D eigenvalue weighted by atomic mass is 19.1. The molecule has 1 unspecified atom stereocenters. The molecule has 1 saturated carbocycles. The summed E-state index contributed by atoms with van der Waals surface area (Å²) in [6, 6.07) is 10.6. The van der Waals surface area contributed by atoms with Gasteiger partial charge in [0, 0.05) is 5.39 Å². The molecular formula is C19H23FO. The zero-order valence-corrected chi connectivity index (χ0v) is 12.4. The molecule has 0 aromatic heterocycles. The summed E-state index contributed by atoms with van der Waals surface area (Å²) < 4.78 is 13.8. The Morgan fingerprint density at radius 2 is 1.71 bits per heavy atom. The Labute approximate surface area is 125 Å². The Bertz CT molecular complexity index is 602. The maximum atomic E-state index is 13.8. The van der Waals surface area contributed by atoms with E-state index >= 15 is 0 Å². The second kappa shape index (κ2) is 6.57. The monoisotopic (exact) mass is 286 g/mol. The lowest BCUT2D eigenvalue weighted by molar-refractivity contribution is 0.152. The van der Waals surface area contributed by atoms with E-state index in [4.69, 9.17) is 0 Å². The maximum Gasteiger partial charge on any atom is 0.131 e. The largest absolute Gasteiger partial charge is 0.388 e. The summed E-state index contributed by atoms with van der Waals surface area (Å²) in [6.45, 7) is 0. The van der Waals surface area contributed by atoms with Gasteiger partial charge >= 0.3 is 0 Å². The molecule has 1 aliphatic carbocycles. The number of hydrogen-bond acceptors (Lipinski definition) is 1. The Morgan fingerprint density at radius 3 is 2.48 bits per heavy atom.